The minimum atomic E-state index is -3.76. The smallest absolute Gasteiger partial charge is 0.271 e. The van der Waals surface area contributed by atoms with Crippen molar-refractivity contribution in [2.24, 2.45) is 0 Å². The first kappa shape index (κ1) is 21.1. The molecule has 0 spiro atoms. The molecule has 10 nitrogen and oxygen atoms in total. The van der Waals surface area contributed by atoms with Gasteiger partial charge < -0.3 is 19.5 Å². The van der Waals surface area contributed by atoms with Crippen molar-refractivity contribution in [1.29, 1.82) is 0 Å². The van der Waals surface area contributed by atoms with Crippen LogP contribution in [0.1, 0.15) is 16.2 Å². The van der Waals surface area contributed by atoms with Crippen molar-refractivity contribution >= 4 is 15.9 Å². The van der Waals surface area contributed by atoms with Gasteiger partial charge >= 0.3 is 0 Å². The Bertz CT molecular complexity index is 965. The number of nitrogens with zero attached hydrogens (tertiary/aromatic N) is 2. The van der Waals surface area contributed by atoms with Crippen molar-refractivity contribution in [2.75, 3.05) is 34.5 Å². The number of ether oxygens (including phenoxy) is 3. The maximum atomic E-state index is 12.7. The molecule has 0 fully saturated rings. The fourth-order valence-corrected chi connectivity index (χ4v) is 4.36. The molecule has 11 heteroatoms. The van der Waals surface area contributed by atoms with E-state index in [9.17, 15) is 13.2 Å². The van der Waals surface area contributed by atoms with Crippen LogP contribution in [0, 0.1) is 0 Å². The summed E-state index contributed by atoms with van der Waals surface area (Å²) in [5.74, 6) is 0.494. The third kappa shape index (κ3) is 4.69. The van der Waals surface area contributed by atoms with E-state index in [1.54, 1.807) is 23.9 Å². The topological polar surface area (TPSA) is 121 Å². The number of benzene rings is 1. The summed E-state index contributed by atoms with van der Waals surface area (Å²) >= 11 is 0. The van der Waals surface area contributed by atoms with E-state index in [4.69, 9.17) is 14.2 Å². The number of hydrogen-bond donors (Lipinski definition) is 2. The van der Waals surface area contributed by atoms with Crippen molar-refractivity contribution < 1.29 is 27.4 Å². The number of fused-ring (bicyclic) bond motifs is 1. The average molecular weight is 424 g/mol. The quantitative estimate of drug-likeness (QED) is 0.551. The second kappa shape index (κ2) is 8.80. The average Bonchev–Trinajstić information content (AvgIpc) is 3.25. The zero-order chi connectivity index (χ0) is 21.0. The van der Waals surface area contributed by atoms with Gasteiger partial charge in [0.2, 0.25) is 10.0 Å². The van der Waals surface area contributed by atoms with Gasteiger partial charge in [-0.1, -0.05) is 0 Å². The molecule has 158 valence electrons. The number of hydrogen-bond acceptors (Lipinski definition) is 7. The molecular formula is C18H24N4O6S. The number of amides is 1. The summed E-state index contributed by atoms with van der Waals surface area (Å²) in [5.41, 5.74) is 1.10. The van der Waals surface area contributed by atoms with E-state index in [0.717, 1.165) is 5.69 Å². The summed E-state index contributed by atoms with van der Waals surface area (Å²) in [6, 6.07) is 5.73. The lowest BCUT2D eigenvalue weighted by molar-refractivity contribution is 0.0931. The number of aromatic nitrogens is 2. The van der Waals surface area contributed by atoms with E-state index >= 15 is 0 Å². The number of methoxy groups -OCH3 is 3. The minimum absolute atomic E-state index is 0.0814. The molecule has 0 radical (unpaired) electrons. The highest BCUT2D eigenvalue weighted by Gasteiger charge is 2.29. The summed E-state index contributed by atoms with van der Waals surface area (Å²) in [6.07, 6.45) is 0.435. The Morgan fingerprint density at radius 2 is 1.97 bits per heavy atom. The van der Waals surface area contributed by atoms with Crippen molar-refractivity contribution in [3.8, 4) is 11.5 Å². The lowest BCUT2D eigenvalue weighted by Gasteiger charge is -2.14. The number of carbonyl (C=O) groups excluding carboxylic acids is 1. The zero-order valence-corrected chi connectivity index (χ0v) is 17.3. The fraction of sp³-hybridized carbons (Fsp3) is 0.444. The third-order valence-corrected chi connectivity index (χ3v) is 6.04. The van der Waals surface area contributed by atoms with Gasteiger partial charge in [-0.15, -0.1) is 0 Å². The van der Waals surface area contributed by atoms with Gasteiger partial charge in [-0.3, -0.25) is 9.48 Å². The molecule has 29 heavy (non-hydrogen) atoms. The predicted octanol–water partition coefficient (Wildman–Crippen LogP) is 0.180. The molecule has 0 saturated heterocycles. The highest BCUT2D eigenvalue weighted by molar-refractivity contribution is 7.89. The van der Waals surface area contributed by atoms with E-state index in [1.807, 2.05) is 0 Å². The van der Waals surface area contributed by atoms with Crippen molar-refractivity contribution in [3.63, 3.8) is 0 Å². The standard InChI is InChI=1S/C18H24N4O6S/c1-26-7-6-19-18(23)15-9-13-8-12(11-22(13)20-15)21-29(24,25)14-4-5-16(27-2)17(10-14)28-3/h4-5,9-10,12,21H,6-8,11H2,1-3H3,(H,19,23). The molecular weight excluding hydrogens is 400 g/mol. The molecule has 3 rings (SSSR count). The molecule has 1 aliphatic rings. The first-order valence-electron chi connectivity index (χ1n) is 8.96. The second-order valence-corrected chi connectivity index (χ2v) is 8.20. The van der Waals surface area contributed by atoms with E-state index < -0.39 is 10.0 Å². The van der Waals surface area contributed by atoms with Crippen LogP contribution in [0.2, 0.25) is 0 Å². The van der Waals surface area contributed by atoms with Crippen LogP contribution in [0.25, 0.3) is 0 Å². The van der Waals surface area contributed by atoms with Gasteiger partial charge in [-0.05, 0) is 18.2 Å². The highest BCUT2D eigenvalue weighted by atomic mass is 32.2. The predicted molar refractivity (Wildman–Crippen MR) is 104 cm³/mol. The maximum Gasteiger partial charge on any atom is 0.271 e. The lowest BCUT2D eigenvalue weighted by atomic mass is 10.2. The highest BCUT2D eigenvalue weighted by Crippen LogP contribution is 2.29. The number of sulfonamides is 1. The summed E-state index contributed by atoms with van der Waals surface area (Å²) in [6.45, 7) is 1.15. The van der Waals surface area contributed by atoms with Crippen molar-refractivity contribution in [1.82, 2.24) is 19.8 Å². The monoisotopic (exact) mass is 424 g/mol. The molecule has 0 bridgehead atoms. The normalized spacial score (nSPS) is 15.8. The lowest BCUT2D eigenvalue weighted by Crippen LogP contribution is -2.36. The van der Waals surface area contributed by atoms with Crippen LogP contribution >= 0.6 is 0 Å². The second-order valence-electron chi connectivity index (χ2n) is 6.49. The number of carbonyl (C=O) groups is 1. The SMILES string of the molecule is COCCNC(=O)c1cc2n(n1)CC(NS(=O)(=O)c1ccc(OC)c(OC)c1)C2. The van der Waals surface area contributed by atoms with Gasteiger partial charge in [0.15, 0.2) is 11.5 Å². The Balaban J connectivity index is 1.65. The van der Waals surface area contributed by atoms with Crippen molar-refractivity contribution in [2.45, 2.75) is 23.9 Å². The summed E-state index contributed by atoms with van der Waals surface area (Å²) in [7, 11) is 0.725. The summed E-state index contributed by atoms with van der Waals surface area (Å²) < 4.78 is 45.0. The Hall–Kier alpha value is -2.63. The van der Waals surface area contributed by atoms with Crippen molar-refractivity contribution in [3.05, 3.63) is 35.7 Å². The van der Waals surface area contributed by atoms with Gasteiger partial charge in [-0.25, -0.2) is 13.1 Å². The Kier molecular flexibility index (Phi) is 6.40. The van der Waals surface area contributed by atoms with Crippen LogP contribution in [-0.4, -0.2) is 64.6 Å². The summed E-state index contributed by atoms with van der Waals surface area (Å²) in [5, 5.41) is 6.97. The van der Waals surface area contributed by atoms with Crippen LogP contribution in [0.15, 0.2) is 29.2 Å². The van der Waals surface area contributed by atoms with Gasteiger partial charge in [0.05, 0.1) is 32.3 Å². The molecule has 1 atom stereocenters. The number of rotatable bonds is 9. The van der Waals surface area contributed by atoms with Gasteiger partial charge in [0, 0.05) is 37.9 Å². The first-order valence-corrected chi connectivity index (χ1v) is 10.4. The Morgan fingerprint density at radius 3 is 2.62 bits per heavy atom. The Labute approximate surface area is 169 Å². The molecule has 2 aromatic rings. The van der Waals surface area contributed by atoms with Crippen LogP contribution in [0.3, 0.4) is 0 Å². The molecule has 1 amide bonds. The van der Waals surface area contributed by atoms with E-state index in [1.165, 1.54) is 26.4 Å². The maximum absolute atomic E-state index is 12.7. The van der Waals surface area contributed by atoms with E-state index in [-0.39, 0.29) is 16.8 Å². The zero-order valence-electron chi connectivity index (χ0n) is 16.5. The van der Waals surface area contributed by atoms with Gasteiger partial charge in [-0.2, -0.15) is 5.10 Å². The van der Waals surface area contributed by atoms with Gasteiger partial charge in [0.1, 0.15) is 5.69 Å². The molecule has 1 unspecified atom stereocenters. The fourth-order valence-electron chi connectivity index (χ4n) is 3.12. The van der Waals surface area contributed by atoms with Crippen LogP contribution in [0.5, 0.6) is 11.5 Å². The molecule has 0 saturated carbocycles. The van der Waals surface area contributed by atoms with E-state index in [0.29, 0.717) is 43.3 Å². The third-order valence-electron chi connectivity index (χ3n) is 4.52. The molecule has 1 aromatic carbocycles. The molecule has 1 aliphatic heterocycles. The molecule has 2 heterocycles. The van der Waals surface area contributed by atoms with Crippen LogP contribution in [-0.2, 0) is 27.7 Å². The molecule has 2 N–H and O–H groups in total. The molecule has 0 aliphatic carbocycles. The van der Waals surface area contributed by atoms with Crippen LogP contribution in [0.4, 0.5) is 0 Å². The minimum Gasteiger partial charge on any atom is -0.493 e. The first-order chi connectivity index (χ1) is 13.9. The van der Waals surface area contributed by atoms with Crippen LogP contribution < -0.4 is 19.5 Å². The van der Waals surface area contributed by atoms with Gasteiger partial charge in [0.25, 0.3) is 5.91 Å². The Morgan fingerprint density at radius 1 is 1.21 bits per heavy atom. The number of nitrogens with one attached hydrogen (secondary N) is 2. The largest absolute Gasteiger partial charge is 0.493 e. The summed E-state index contributed by atoms with van der Waals surface area (Å²) in [4.78, 5) is 12.1. The van der Waals surface area contributed by atoms with E-state index in [2.05, 4.69) is 15.1 Å². The molecule has 1 aromatic heterocycles.